The Morgan fingerprint density at radius 1 is 0.879 bits per heavy atom. The highest BCUT2D eigenvalue weighted by Gasteiger charge is 2.37. The molecule has 2 aromatic carbocycles. The Kier molecular flexibility index (Phi) is 14.2. The van der Waals surface area contributed by atoms with Crippen LogP contribution in [-0.4, -0.2) is 85.2 Å². The van der Waals surface area contributed by atoms with Crippen LogP contribution in [0.4, 0.5) is 20.1 Å². The Hall–Kier alpha value is -5.68. The van der Waals surface area contributed by atoms with E-state index in [4.69, 9.17) is 14.2 Å². The second-order valence-electron chi connectivity index (χ2n) is 16.7. The number of non-ortho nitro benzene ring substituents is 1. The van der Waals surface area contributed by atoms with Gasteiger partial charge in [0.15, 0.2) is 5.84 Å². The van der Waals surface area contributed by atoms with Gasteiger partial charge in [-0.2, -0.15) is 9.89 Å². The number of nitro benzene ring substituents is 1. The van der Waals surface area contributed by atoms with Crippen molar-refractivity contribution in [3.05, 3.63) is 96.7 Å². The minimum atomic E-state index is -1.13. The summed E-state index contributed by atoms with van der Waals surface area (Å²) in [5.74, 6) is -1.53. The summed E-state index contributed by atoms with van der Waals surface area (Å²) in [6.07, 6.45) is -2.64. The average molecular weight is 822 g/mol. The highest BCUT2D eigenvalue weighted by atomic mass is 32.1. The number of carbonyl (C=O) groups is 5. The van der Waals surface area contributed by atoms with Gasteiger partial charge in [0.1, 0.15) is 16.8 Å². The van der Waals surface area contributed by atoms with Crippen LogP contribution >= 0.6 is 11.3 Å². The van der Waals surface area contributed by atoms with Crippen LogP contribution in [0.5, 0.6) is 0 Å². The molecule has 17 heteroatoms. The molecule has 4 amide bonds. The number of carbonyl (C=O) groups excluding carboxylic acids is 4. The van der Waals surface area contributed by atoms with Gasteiger partial charge in [0.2, 0.25) is 5.91 Å². The number of nitro groups is 1. The monoisotopic (exact) mass is 821 g/mol. The molecule has 0 bridgehead atoms. The number of ether oxygens (including phenoxy) is 3. The Bertz CT molecular complexity index is 2010. The van der Waals surface area contributed by atoms with E-state index in [1.165, 1.54) is 23.5 Å². The van der Waals surface area contributed by atoms with Crippen molar-refractivity contribution in [1.82, 2.24) is 15.1 Å². The van der Waals surface area contributed by atoms with Crippen LogP contribution in [0.1, 0.15) is 94.3 Å². The number of nitrogens with zero attached hydrogens (tertiary/aromatic N) is 4. The van der Waals surface area contributed by atoms with Crippen LogP contribution in [-0.2, 0) is 56.2 Å². The molecule has 1 aromatic heterocycles. The van der Waals surface area contributed by atoms with E-state index in [-0.39, 0.29) is 36.5 Å². The number of carboxylic acid groups (broad SMARTS) is 1. The molecule has 2 heterocycles. The molecule has 1 atom stereocenters. The minimum Gasteiger partial charge on any atom is -0.481 e. The van der Waals surface area contributed by atoms with Gasteiger partial charge in [-0.1, -0.05) is 36.4 Å². The van der Waals surface area contributed by atoms with Crippen LogP contribution in [0.2, 0.25) is 0 Å². The predicted octanol–water partition coefficient (Wildman–Crippen LogP) is 7.42. The zero-order valence-electron chi connectivity index (χ0n) is 34.2. The lowest BCUT2D eigenvalue weighted by Crippen LogP contribution is -2.48. The van der Waals surface area contributed by atoms with Crippen LogP contribution in [0.15, 0.2) is 59.6 Å². The molecular formula is C41H51N5O11S. The van der Waals surface area contributed by atoms with Crippen LogP contribution < -0.4 is 5.32 Å². The number of hydrogen-bond acceptors (Lipinski definition) is 12. The molecular weight excluding hydrogens is 771 g/mol. The zero-order valence-corrected chi connectivity index (χ0v) is 35.1. The maximum absolute atomic E-state index is 14.2. The number of carboxylic acids is 1. The number of aliphatic imine (C=N–C) groups is 1. The summed E-state index contributed by atoms with van der Waals surface area (Å²) in [6, 6.07) is 13.5. The van der Waals surface area contributed by atoms with Crippen molar-refractivity contribution >= 4 is 53.0 Å². The summed E-state index contributed by atoms with van der Waals surface area (Å²) >= 11 is 1.44. The van der Waals surface area contributed by atoms with E-state index in [0.717, 1.165) is 15.3 Å². The number of nitrogens with one attached hydrogen (secondary N) is 1. The number of benzene rings is 2. The topological polar surface area (TPSA) is 207 Å². The second kappa shape index (κ2) is 18.3. The van der Waals surface area contributed by atoms with E-state index in [1.807, 2.05) is 6.07 Å². The van der Waals surface area contributed by atoms with E-state index in [2.05, 4.69) is 10.3 Å². The van der Waals surface area contributed by atoms with Gasteiger partial charge in [0.25, 0.3) is 5.69 Å². The molecule has 0 radical (unpaired) electrons. The number of fused-ring (bicyclic) bond motifs is 1. The summed E-state index contributed by atoms with van der Waals surface area (Å²) in [5.41, 5.74) is -0.643. The lowest BCUT2D eigenvalue weighted by atomic mass is 10.0. The molecule has 3 aromatic rings. The van der Waals surface area contributed by atoms with E-state index in [0.29, 0.717) is 35.5 Å². The third-order valence-electron chi connectivity index (χ3n) is 8.16. The van der Waals surface area contributed by atoms with Crippen molar-refractivity contribution in [2.75, 3.05) is 6.54 Å². The van der Waals surface area contributed by atoms with Gasteiger partial charge in [-0.25, -0.2) is 14.4 Å². The summed E-state index contributed by atoms with van der Waals surface area (Å²) in [7, 11) is 0. The van der Waals surface area contributed by atoms with Gasteiger partial charge < -0.3 is 29.5 Å². The Morgan fingerprint density at radius 2 is 1.43 bits per heavy atom. The second-order valence-corrected chi connectivity index (χ2v) is 17.9. The molecule has 0 spiro atoms. The Labute approximate surface area is 341 Å². The van der Waals surface area contributed by atoms with Crippen molar-refractivity contribution in [3.63, 3.8) is 0 Å². The van der Waals surface area contributed by atoms with Crippen molar-refractivity contribution in [1.29, 1.82) is 0 Å². The van der Waals surface area contributed by atoms with Gasteiger partial charge in [-0.05, 0) is 97.9 Å². The van der Waals surface area contributed by atoms with E-state index in [9.17, 15) is 39.2 Å². The molecule has 58 heavy (non-hydrogen) atoms. The molecule has 4 rings (SSSR count). The number of rotatable bonds is 10. The number of aliphatic carboxylic acids is 1. The molecule has 312 valence electrons. The fourth-order valence-electron chi connectivity index (χ4n) is 5.77. The molecule has 0 saturated carbocycles. The molecule has 1 aliphatic heterocycles. The van der Waals surface area contributed by atoms with Crippen molar-refractivity contribution in [3.8, 4) is 0 Å². The van der Waals surface area contributed by atoms with Gasteiger partial charge in [-0.3, -0.25) is 19.7 Å². The molecule has 0 unspecified atom stereocenters. The maximum Gasteiger partial charge on any atom is 0.436 e. The summed E-state index contributed by atoms with van der Waals surface area (Å²) in [5, 5.41) is 23.9. The predicted molar refractivity (Wildman–Crippen MR) is 216 cm³/mol. The Balaban J connectivity index is 1.65. The number of amidine groups is 1. The largest absolute Gasteiger partial charge is 0.481 e. The van der Waals surface area contributed by atoms with Crippen molar-refractivity contribution in [2.45, 2.75) is 118 Å². The molecule has 0 fully saturated rings. The van der Waals surface area contributed by atoms with E-state index < -0.39 is 57.9 Å². The van der Waals surface area contributed by atoms with Crippen LogP contribution in [0, 0.1) is 10.1 Å². The van der Waals surface area contributed by atoms with Crippen LogP contribution in [0.25, 0.3) is 0 Å². The normalized spacial score (nSPS) is 13.9. The summed E-state index contributed by atoms with van der Waals surface area (Å²) in [4.78, 5) is 84.6. The van der Waals surface area contributed by atoms with Crippen molar-refractivity contribution < 1.29 is 48.2 Å². The molecule has 0 saturated heterocycles. The zero-order chi connectivity index (χ0) is 43.2. The van der Waals surface area contributed by atoms with E-state index in [1.54, 1.807) is 104 Å². The fraction of sp³-hybridized carbons (Fsp3) is 0.463. The van der Waals surface area contributed by atoms with Gasteiger partial charge >= 0.3 is 24.2 Å². The van der Waals surface area contributed by atoms with Crippen LogP contribution in [0.3, 0.4) is 0 Å². The van der Waals surface area contributed by atoms with Gasteiger partial charge in [0.05, 0.1) is 17.4 Å². The lowest BCUT2D eigenvalue weighted by molar-refractivity contribution is -0.384. The Morgan fingerprint density at radius 3 is 1.95 bits per heavy atom. The first-order valence-electron chi connectivity index (χ1n) is 18.6. The number of imide groups is 1. The highest BCUT2D eigenvalue weighted by Crippen LogP contribution is 2.29. The third-order valence-corrected chi connectivity index (χ3v) is 9.40. The molecule has 16 nitrogen and oxygen atoms in total. The minimum absolute atomic E-state index is 0.0793. The third kappa shape index (κ3) is 13.5. The standard InChI is InChI=1S/C41H51N5O11S/c1-39(2,3)55-36(50)43-34(45(37(51)56-40(4,5)6)38(52)57-41(7,8)9)27-14-10-26(11-15-27)23-42-31(20-25-12-16-29(17-13-25)46(53)54)35(49)44-19-18-32-28(24-44)21-30(58-32)22-33(47)48/h10-17,21,31,42H,18-20,22-24H2,1-9H3,(H,47,48)/t31-/m0/s1. The summed E-state index contributed by atoms with van der Waals surface area (Å²) in [6.45, 7) is 15.5. The van der Waals surface area contributed by atoms with Crippen molar-refractivity contribution in [2.24, 2.45) is 4.99 Å². The first-order chi connectivity index (χ1) is 26.9. The van der Waals surface area contributed by atoms with Gasteiger partial charge in [0, 0.05) is 47.1 Å². The maximum atomic E-state index is 14.2. The SMILES string of the molecule is CC(C)(C)OC(=O)N=C(c1ccc(CN[C@@H](Cc2ccc([N+](=O)[O-])cc2)C(=O)N2CCc3sc(CC(=O)O)cc3C2)cc1)N(C(=O)OC(C)(C)C)C(=O)OC(C)(C)C. The molecule has 0 aliphatic carbocycles. The molecule has 2 N–H and O–H groups in total. The van der Waals surface area contributed by atoms with Gasteiger partial charge in [-0.15, -0.1) is 11.3 Å². The smallest absolute Gasteiger partial charge is 0.436 e. The van der Waals surface area contributed by atoms with E-state index >= 15 is 0 Å². The molecule has 1 aliphatic rings. The number of hydrogen-bond donors (Lipinski definition) is 2. The average Bonchev–Trinajstić information content (AvgIpc) is 3.48. The lowest BCUT2D eigenvalue weighted by Gasteiger charge is -2.31. The highest BCUT2D eigenvalue weighted by molar-refractivity contribution is 7.12. The first kappa shape index (κ1) is 45.0. The quantitative estimate of drug-likeness (QED) is 0.0673. The number of thiophene rings is 1. The first-order valence-corrected chi connectivity index (χ1v) is 19.4. The fourth-order valence-corrected chi connectivity index (χ4v) is 6.93. The summed E-state index contributed by atoms with van der Waals surface area (Å²) < 4.78 is 16.5. The number of amides is 4.